The molecule has 1 aromatic rings. The third-order valence-corrected chi connectivity index (χ3v) is 3.15. The lowest BCUT2D eigenvalue weighted by atomic mass is 9.89. The fourth-order valence-electron chi connectivity index (χ4n) is 2.17. The van der Waals surface area contributed by atoms with Gasteiger partial charge in [0.1, 0.15) is 5.84 Å². The van der Waals surface area contributed by atoms with E-state index in [2.05, 4.69) is 4.99 Å². The molecule has 1 heterocycles. The molecule has 1 atom stereocenters. The highest BCUT2D eigenvalue weighted by atomic mass is 16.6. The van der Waals surface area contributed by atoms with Crippen LogP contribution in [0, 0.1) is 10.1 Å². The van der Waals surface area contributed by atoms with Crippen LogP contribution in [-0.2, 0) is 10.3 Å². The molecule has 1 amide bonds. The Hall–Kier alpha value is -2.44. The number of benzene rings is 1. The first-order valence-corrected chi connectivity index (χ1v) is 5.69. The van der Waals surface area contributed by atoms with Crippen LogP contribution < -0.4 is 5.73 Å². The number of nitro groups is 1. The summed E-state index contributed by atoms with van der Waals surface area (Å²) in [7, 11) is 1.62. The van der Waals surface area contributed by atoms with Crippen molar-refractivity contribution >= 4 is 17.4 Å². The van der Waals surface area contributed by atoms with Gasteiger partial charge < -0.3 is 10.6 Å². The summed E-state index contributed by atoms with van der Waals surface area (Å²) in [6, 6.07) is 5.90. The van der Waals surface area contributed by atoms with Crippen molar-refractivity contribution in [3.05, 3.63) is 39.9 Å². The van der Waals surface area contributed by atoms with Crippen molar-refractivity contribution in [1.29, 1.82) is 0 Å². The van der Waals surface area contributed by atoms with Crippen LogP contribution in [0.1, 0.15) is 12.5 Å². The number of likely N-dealkylation sites (N-methyl/N-ethyl adjacent to an activating group) is 1. The highest BCUT2D eigenvalue weighted by Gasteiger charge is 2.41. The van der Waals surface area contributed by atoms with Crippen molar-refractivity contribution in [2.75, 3.05) is 13.6 Å². The fourth-order valence-corrected chi connectivity index (χ4v) is 2.17. The molecule has 0 saturated carbocycles. The summed E-state index contributed by atoms with van der Waals surface area (Å²) in [6.07, 6.45) is 0. The monoisotopic (exact) mass is 262 g/mol. The van der Waals surface area contributed by atoms with Crippen molar-refractivity contribution in [1.82, 2.24) is 4.90 Å². The molecule has 1 aliphatic heterocycles. The predicted molar refractivity (Wildman–Crippen MR) is 69.7 cm³/mol. The minimum Gasteiger partial charge on any atom is -0.386 e. The Kier molecular flexibility index (Phi) is 2.97. The highest BCUT2D eigenvalue weighted by molar-refractivity contribution is 5.98. The zero-order valence-corrected chi connectivity index (χ0v) is 10.7. The van der Waals surface area contributed by atoms with Gasteiger partial charge in [-0.05, 0) is 12.5 Å². The second kappa shape index (κ2) is 4.34. The third-order valence-electron chi connectivity index (χ3n) is 3.15. The van der Waals surface area contributed by atoms with Crippen LogP contribution in [-0.4, -0.2) is 35.2 Å². The molecule has 0 aliphatic carbocycles. The second-order valence-electron chi connectivity index (χ2n) is 4.64. The van der Waals surface area contributed by atoms with Gasteiger partial charge in [0.2, 0.25) is 0 Å². The van der Waals surface area contributed by atoms with Crippen LogP contribution in [0.4, 0.5) is 5.69 Å². The fraction of sp³-hybridized carbons (Fsp3) is 0.333. The van der Waals surface area contributed by atoms with E-state index in [9.17, 15) is 14.9 Å². The van der Waals surface area contributed by atoms with Gasteiger partial charge >= 0.3 is 0 Å². The maximum absolute atomic E-state index is 12.3. The zero-order chi connectivity index (χ0) is 14.2. The summed E-state index contributed by atoms with van der Waals surface area (Å²) in [4.78, 5) is 28.2. The summed E-state index contributed by atoms with van der Waals surface area (Å²) < 4.78 is 0. The van der Waals surface area contributed by atoms with Crippen molar-refractivity contribution in [3.63, 3.8) is 0 Å². The van der Waals surface area contributed by atoms with Crippen LogP contribution >= 0.6 is 0 Å². The van der Waals surface area contributed by atoms with E-state index in [1.54, 1.807) is 20.0 Å². The van der Waals surface area contributed by atoms with Gasteiger partial charge in [0.05, 0.1) is 11.5 Å². The van der Waals surface area contributed by atoms with E-state index in [1.807, 2.05) is 0 Å². The van der Waals surface area contributed by atoms with E-state index in [0.29, 0.717) is 11.4 Å². The molecule has 0 fully saturated rings. The number of amidine groups is 1. The number of nitrogens with two attached hydrogens (primary N) is 1. The van der Waals surface area contributed by atoms with Crippen molar-refractivity contribution < 1.29 is 9.72 Å². The minimum atomic E-state index is -1.21. The lowest BCUT2D eigenvalue weighted by Gasteiger charge is -2.34. The number of aliphatic imine (C=N–C) groups is 1. The minimum absolute atomic E-state index is 0.0754. The number of hydrogen-bond donors (Lipinski definition) is 1. The standard InChI is InChI=1S/C12H14N4O3/c1-12(11(17)15(2)7-10(13)14-12)8-4-3-5-9(6-8)16(18)19/h3-6H,7H2,1-2H3,(H2,13,14). The molecule has 2 N–H and O–H groups in total. The second-order valence-corrected chi connectivity index (χ2v) is 4.64. The Morgan fingerprint density at radius 2 is 2.21 bits per heavy atom. The molecular formula is C12H14N4O3. The number of non-ortho nitro benzene ring substituents is 1. The third kappa shape index (κ3) is 2.14. The number of nitrogens with zero attached hydrogens (tertiary/aromatic N) is 3. The first kappa shape index (κ1) is 13.0. The van der Waals surface area contributed by atoms with Crippen LogP contribution in [0.2, 0.25) is 0 Å². The topological polar surface area (TPSA) is 102 Å². The summed E-state index contributed by atoms with van der Waals surface area (Å²) in [6.45, 7) is 1.88. The van der Waals surface area contributed by atoms with E-state index >= 15 is 0 Å². The molecule has 7 heteroatoms. The molecule has 2 rings (SSSR count). The summed E-state index contributed by atoms with van der Waals surface area (Å²) in [5.74, 6) is 0.0957. The Balaban J connectivity index is 2.55. The Morgan fingerprint density at radius 3 is 2.84 bits per heavy atom. The summed E-state index contributed by atoms with van der Waals surface area (Å²) in [5.41, 5.74) is 4.90. The number of amides is 1. The van der Waals surface area contributed by atoms with E-state index in [1.165, 1.54) is 23.1 Å². The number of nitro benzene ring substituents is 1. The molecule has 0 aromatic heterocycles. The first-order chi connectivity index (χ1) is 8.84. The molecule has 100 valence electrons. The Morgan fingerprint density at radius 1 is 1.53 bits per heavy atom. The summed E-state index contributed by atoms with van der Waals surface area (Å²) >= 11 is 0. The first-order valence-electron chi connectivity index (χ1n) is 5.69. The van der Waals surface area contributed by atoms with Gasteiger partial charge in [0, 0.05) is 19.2 Å². The Bertz CT molecular complexity index is 584. The molecule has 0 saturated heterocycles. The van der Waals surface area contributed by atoms with Crippen molar-refractivity contribution in [2.24, 2.45) is 10.7 Å². The average molecular weight is 262 g/mol. The van der Waals surface area contributed by atoms with Gasteiger partial charge in [-0.1, -0.05) is 12.1 Å². The van der Waals surface area contributed by atoms with Crippen molar-refractivity contribution in [3.8, 4) is 0 Å². The van der Waals surface area contributed by atoms with E-state index < -0.39 is 10.5 Å². The Labute approximate surface area is 109 Å². The molecule has 0 spiro atoms. The van der Waals surface area contributed by atoms with E-state index in [4.69, 9.17) is 5.73 Å². The summed E-state index contributed by atoms with van der Waals surface area (Å²) in [5, 5.41) is 10.8. The molecule has 0 bridgehead atoms. The maximum atomic E-state index is 12.3. The van der Waals surface area contributed by atoms with Crippen LogP contribution in [0.25, 0.3) is 0 Å². The number of rotatable bonds is 2. The molecular weight excluding hydrogens is 248 g/mol. The zero-order valence-electron chi connectivity index (χ0n) is 10.7. The van der Waals surface area contributed by atoms with Crippen molar-refractivity contribution in [2.45, 2.75) is 12.5 Å². The van der Waals surface area contributed by atoms with Gasteiger partial charge in [-0.15, -0.1) is 0 Å². The largest absolute Gasteiger partial charge is 0.386 e. The van der Waals surface area contributed by atoms with Gasteiger partial charge in [0.15, 0.2) is 5.54 Å². The lowest BCUT2D eigenvalue weighted by Crippen LogP contribution is -2.51. The van der Waals surface area contributed by atoms with Crippen LogP contribution in [0.5, 0.6) is 0 Å². The predicted octanol–water partition coefficient (Wildman–Crippen LogP) is 0.639. The quantitative estimate of drug-likeness (QED) is 0.624. The SMILES string of the molecule is CN1CC(N)=NC(C)(c2cccc([N+](=O)[O-])c2)C1=O. The van der Waals surface area contributed by atoms with Crippen LogP contribution in [0.3, 0.4) is 0 Å². The lowest BCUT2D eigenvalue weighted by molar-refractivity contribution is -0.384. The normalized spacial score (nSPS) is 23.2. The van der Waals surface area contributed by atoms with Gasteiger partial charge in [-0.3, -0.25) is 14.9 Å². The molecule has 1 aliphatic rings. The molecule has 0 radical (unpaired) electrons. The highest BCUT2D eigenvalue weighted by Crippen LogP contribution is 2.31. The molecule has 7 nitrogen and oxygen atoms in total. The van der Waals surface area contributed by atoms with E-state index in [0.717, 1.165) is 0 Å². The smallest absolute Gasteiger partial charge is 0.269 e. The number of hydrogen-bond acceptors (Lipinski definition) is 5. The molecule has 19 heavy (non-hydrogen) atoms. The van der Waals surface area contributed by atoms with E-state index in [-0.39, 0.29) is 18.1 Å². The van der Waals surface area contributed by atoms with Gasteiger partial charge in [0.25, 0.3) is 11.6 Å². The van der Waals surface area contributed by atoms with Gasteiger partial charge in [-0.25, -0.2) is 4.99 Å². The van der Waals surface area contributed by atoms with Crippen LogP contribution in [0.15, 0.2) is 29.3 Å². The average Bonchev–Trinajstić information content (AvgIpc) is 2.36. The van der Waals surface area contributed by atoms with Gasteiger partial charge in [-0.2, -0.15) is 0 Å². The number of carbonyl (C=O) groups is 1. The maximum Gasteiger partial charge on any atom is 0.269 e. The molecule has 1 aromatic carbocycles. The number of carbonyl (C=O) groups excluding carboxylic acids is 1. The molecule has 1 unspecified atom stereocenters.